The van der Waals surface area contributed by atoms with Gasteiger partial charge in [0.15, 0.2) is 0 Å². The van der Waals surface area contributed by atoms with Crippen molar-refractivity contribution < 1.29 is 39.6 Å². The van der Waals surface area contributed by atoms with Crippen LogP contribution in [0.5, 0.6) is 0 Å². The van der Waals surface area contributed by atoms with E-state index in [4.69, 9.17) is 4.42 Å². The van der Waals surface area contributed by atoms with Gasteiger partial charge in [-0.25, -0.2) is 13.4 Å². The number of fused-ring (bicyclic) bond motifs is 1. The second-order valence-corrected chi connectivity index (χ2v) is 11.2. The molecule has 0 atom stereocenters. The lowest BCUT2D eigenvalue weighted by molar-refractivity contribution is -0.186. The highest BCUT2D eigenvalue weighted by atomic mass is 32.2. The Bertz CT molecular complexity index is 1620. The van der Waals surface area contributed by atoms with E-state index in [-0.39, 0.29) is 38.4 Å². The normalized spacial score (nSPS) is 15.2. The lowest BCUT2D eigenvalue weighted by Gasteiger charge is -2.35. The summed E-state index contributed by atoms with van der Waals surface area (Å²) < 4.78 is 99.4. The van der Waals surface area contributed by atoms with Crippen molar-refractivity contribution in [2.45, 2.75) is 37.2 Å². The van der Waals surface area contributed by atoms with Crippen molar-refractivity contribution in [1.82, 2.24) is 24.5 Å². The van der Waals surface area contributed by atoms with Crippen LogP contribution in [0.25, 0.3) is 17.1 Å². The van der Waals surface area contributed by atoms with Crippen LogP contribution in [0.4, 0.5) is 27.6 Å². The zero-order valence-electron chi connectivity index (χ0n) is 20.5. The fourth-order valence-electron chi connectivity index (χ4n) is 4.47. The van der Waals surface area contributed by atoms with E-state index in [1.165, 1.54) is 6.07 Å². The van der Waals surface area contributed by atoms with Crippen LogP contribution >= 0.6 is 0 Å². The molecule has 10 nitrogen and oxygen atoms in total. The molecule has 1 saturated heterocycles. The van der Waals surface area contributed by atoms with Crippen molar-refractivity contribution in [3.8, 4) is 11.5 Å². The lowest BCUT2D eigenvalue weighted by atomic mass is 10.1. The smallest absolute Gasteiger partial charge is 0.415 e. The van der Waals surface area contributed by atoms with Gasteiger partial charge < -0.3 is 13.7 Å². The fraction of sp³-hybridized carbons (Fsp3) is 0.333. The summed E-state index contributed by atoms with van der Waals surface area (Å²) in [6, 6.07) is 11.2. The molecule has 0 saturated carbocycles. The standard InChI is InChI=1S/C24H21F5N6O4S/c25-20(26)22-32-31-21(39-22)15-6-9-34-13-16(30-19(34)12-15)14-35(17-4-2-1-3-5-17)40(37,38)18-7-10-33(11-8-18)23(36)24(27,28)29/h1-6,9,12-13,18,20H,7-8,10-11,14H2. The molecule has 0 spiro atoms. The van der Waals surface area contributed by atoms with E-state index in [2.05, 4.69) is 15.2 Å². The number of hydrogen-bond acceptors (Lipinski definition) is 7. The summed E-state index contributed by atoms with van der Waals surface area (Å²) >= 11 is 0. The number of hydrogen-bond donors (Lipinski definition) is 0. The molecule has 1 aliphatic rings. The number of carbonyl (C=O) groups is 1. The van der Waals surface area contributed by atoms with Crippen LogP contribution in [0.15, 0.2) is 59.3 Å². The van der Waals surface area contributed by atoms with Crippen LogP contribution in [0, 0.1) is 0 Å². The van der Waals surface area contributed by atoms with Crippen LogP contribution in [0.1, 0.15) is 30.9 Å². The highest BCUT2D eigenvalue weighted by Crippen LogP contribution is 2.30. The molecule has 4 aromatic rings. The molecule has 0 radical (unpaired) electrons. The van der Waals surface area contributed by atoms with Crippen LogP contribution in [0.2, 0.25) is 0 Å². The SMILES string of the molecule is O=C(N1CCC(S(=O)(=O)N(Cc2cn3ccc(-c4nnc(C(F)F)o4)cc3n2)c2ccccc2)CC1)C(F)(F)F. The van der Waals surface area contributed by atoms with Gasteiger partial charge in [0, 0.05) is 31.0 Å². The van der Waals surface area contributed by atoms with E-state index in [1.807, 2.05) is 0 Å². The van der Waals surface area contributed by atoms with Crippen LogP contribution < -0.4 is 4.31 Å². The Morgan fingerprint density at radius 2 is 1.80 bits per heavy atom. The van der Waals surface area contributed by atoms with Crippen molar-refractivity contribution in [1.29, 1.82) is 0 Å². The van der Waals surface area contributed by atoms with Gasteiger partial charge in [0.25, 0.3) is 5.89 Å². The topological polar surface area (TPSA) is 114 Å². The molecule has 40 heavy (non-hydrogen) atoms. The summed E-state index contributed by atoms with van der Waals surface area (Å²) in [5, 5.41) is 5.90. The van der Waals surface area contributed by atoms with E-state index >= 15 is 0 Å². The summed E-state index contributed by atoms with van der Waals surface area (Å²) in [5.41, 5.74) is 1.36. The fourth-order valence-corrected chi connectivity index (χ4v) is 6.36. The summed E-state index contributed by atoms with van der Waals surface area (Å²) in [5.74, 6) is -2.94. The van der Waals surface area contributed by atoms with Gasteiger partial charge in [0.1, 0.15) is 5.65 Å². The van der Waals surface area contributed by atoms with Gasteiger partial charge in [-0.3, -0.25) is 9.10 Å². The minimum Gasteiger partial charge on any atom is -0.415 e. The molecule has 5 rings (SSSR count). The van der Waals surface area contributed by atoms with Crippen LogP contribution in [-0.4, -0.2) is 63.3 Å². The maximum Gasteiger partial charge on any atom is 0.471 e. The van der Waals surface area contributed by atoms with Gasteiger partial charge in [-0.1, -0.05) is 18.2 Å². The number of anilines is 1. The first kappa shape index (κ1) is 27.5. The monoisotopic (exact) mass is 584 g/mol. The molecule has 0 bridgehead atoms. The van der Waals surface area contributed by atoms with Crippen molar-refractivity contribution in [2.75, 3.05) is 17.4 Å². The number of likely N-dealkylation sites (tertiary alicyclic amines) is 1. The first-order valence-electron chi connectivity index (χ1n) is 12.0. The highest BCUT2D eigenvalue weighted by molar-refractivity contribution is 7.93. The molecule has 4 heterocycles. The van der Waals surface area contributed by atoms with E-state index in [0.717, 1.165) is 4.31 Å². The number of nitrogens with zero attached hydrogens (tertiary/aromatic N) is 6. The van der Waals surface area contributed by atoms with Crippen molar-refractivity contribution in [3.63, 3.8) is 0 Å². The molecule has 212 valence electrons. The number of piperidine rings is 1. The molecular formula is C24H21F5N6O4S. The zero-order chi connectivity index (χ0) is 28.7. The van der Waals surface area contributed by atoms with Crippen molar-refractivity contribution >= 4 is 27.3 Å². The van der Waals surface area contributed by atoms with E-state index in [9.17, 15) is 35.2 Å². The molecule has 1 aliphatic heterocycles. The van der Waals surface area contributed by atoms with Gasteiger partial charge in [-0.2, -0.15) is 22.0 Å². The van der Waals surface area contributed by atoms with Crippen LogP contribution in [-0.2, 0) is 21.4 Å². The van der Waals surface area contributed by atoms with E-state index in [1.54, 1.807) is 53.2 Å². The van der Waals surface area contributed by atoms with Crippen molar-refractivity contribution in [3.05, 3.63) is 66.4 Å². The average Bonchev–Trinajstić information content (AvgIpc) is 3.58. The summed E-state index contributed by atoms with van der Waals surface area (Å²) in [4.78, 5) is 16.7. The first-order valence-corrected chi connectivity index (χ1v) is 13.5. The number of amides is 1. The molecule has 1 fully saturated rings. The molecule has 1 aromatic carbocycles. The third-order valence-corrected chi connectivity index (χ3v) is 8.70. The molecule has 0 N–H and O–H groups in total. The Labute approximate surface area is 224 Å². The molecule has 3 aromatic heterocycles. The predicted octanol–water partition coefficient (Wildman–Crippen LogP) is 4.21. The average molecular weight is 585 g/mol. The third kappa shape index (κ3) is 5.48. The minimum atomic E-state index is -5.03. The Hall–Kier alpha value is -4.08. The summed E-state index contributed by atoms with van der Waals surface area (Å²) in [6.45, 7) is -0.878. The van der Waals surface area contributed by atoms with Gasteiger partial charge in [-0.15, -0.1) is 10.2 Å². The van der Waals surface area contributed by atoms with E-state index in [0.29, 0.717) is 27.5 Å². The molecule has 0 unspecified atom stereocenters. The second-order valence-electron chi connectivity index (χ2n) is 9.04. The number of carbonyl (C=O) groups excluding carboxylic acids is 1. The number of rotatable bonds is 7. The first-order chi connectivity index (χ1) is 18.9. The molecule has 1 amide bonds. The number of aromatic nitrogens is 4. The molecule has 0 aliphatic carbocycles. The Balaban J connectivity index is 1.40. The number of para-hydroxylation sites is 1. The summed E-state index contributed by atoms with van der Waals surface area (Å²) in [6.07, 6.45) is -5.11. The number of halogens is 5. The molecule has 16 heteroatoms. The number of imidazole rings is 1. The summed E-state index contributed by atoms with van der Waals surface area (Å²) in [7, 11) is -4.09. The van der Waals surface area contributed by atoms with E-state index < -0.39 is 39.7 Å². The number of pyridine rings is 1. The largest absolute Gasteiger partial charge is 0.471 e. The van der Waals surface area contributed by atoms with Crippen LogP contribution in [0.3, 0.4) is 0 Å². The second kappa shape index (κ2) is 10.5. The third-order valence-electron chi connectivity index (χ3n) is 6.43. The quantitative estimate of drug-likeness (QED) is 0.299. The van der Waals surface area contributed by atoms with Gasteiger partial charge in [0.2, 0.25) is 15.9 Å². The predicted molar refractivity (Wildman–Crippen MR) is 131 cm³/mol. The number of alkyl halides is 5. The Morgan fingerprint density at radius 3 is 2.42 bits per heavy atom. The number of sulfonamides is 1. The maximum atomic E-state index is 13.8. The van der Waals surface area contributed by atoms with Gasteiger partial charge >= 0.3 is 18.5 Å². The van der Waals surface area contributed by atoms with Gasteiger partial charge in [-0.05, 0) is 37.1 Å². The molecular weight excluding hydrogens is 563 g/mol. The van der Waals surface area contributed by atoms with Gasteiger partial charge in [0.05, 0.1) is 23.2 Å². The Kier molecular flexibility index (Phi) is 7.20. The van der Waals surface area contributed by atoms with Crippen molar-refractivity contribution in [2.24, 2.45) is 0 Å². The highest BCUT2D eigenvalue weighted by Gasteiger charge is 2.45. The lowest BCUT2D eigenvalue weighted by Crippen LogP contribution is -2.50. The zero-order valence-corrected chi connectivity index (χ0v) is 21.3. The number of benzene rings is 1. The Morgan fingerprint density at radius 1 is 1.10 bits per heavy atom. The maximum absolute atomic E-state index is 13.8. The minimum absolute atomic E-state index is 0.133.